The molecular weight excluding hydrogens is 302 g/mol. The number of rotatable bonds is 3. The van der Waals surface area contributed by atoms with Crippen LogP contribution >= 0.6 is 11.8 Å². The summed E-state index contributed by atoms with van der Waals surface area (Å²) in [4.78, 5) is 15.5. The van der Waals surface area contributed by atoms with E-state index in [1.54, 1.807) is 29.9 Å². The van der Waals surface area contributed by atoms with Gasteiger partial charge in [0.05, 0.1) is 12.4 Å². The van der Waals surface area contributed by atoms with Crippen molar-refractivity contribution in [2.45, 2.75) is 24.4 Å². The lowest BCUT2D eigenvalue weighted by Crippen LogP contribution is -2.50. The zero-order chi connectivity index (χ0) is 14.8. The van der Waals surface area contributed by atoms with Crippen LogP contribution in [0.5, 0.6) is 0 Å². The Hall–Kier alpha value is -0.770. The highest BCUT2D eigenvalue weighted by molar-refractivity contribution is 8.02. The van der Waals surface area contributed by atoms with Gasteiger partial charge in [-0.1, -0.05) is 11.8 Å². The Balaban J connectivity index is 1.89. The van der Waals surface area contributed by atoms with Gasteiger partial charge in [0.2, 0.25) is 0 Å². The first-order chi connectivity index (χ1) is 9.40. The molecule has 0 radical (unpaired) electrons. The molecule has 0 spiro atoms. The summed E-state index contributed by atoms with van der Waals surface area (Å²) in [7, 11) is -1.80. The summed E-state index contributed by atoms with van der Waals surface area (Å²) in [5, 5.41) is 4.50. The Labute approximate surface area is 123 Å². The number of thioether (sulfide) groups is 1. The molecule has 1 saturated heterocycles. The number of nitrogens with zero attached hydrogens (tertiary/aromatic N) is 2. The van der Waals surface area contributed by atoms with E-state index >= 15 is 0 Å². The van der Waals surface area contributed by atoms with Crippen LogP contribution < -0.4 is 5.32 Å². The number of hydrogen-bond acceptors (Lipinski definition) is 6. The van der Waals surface area contributed by atoms with Gasteiger partial charge >= 0.3 is 6.03 Å². The Bertz CT molecular complexity index is 486. The van der Waals surface area contributed by atoms with Crippen LogP contribution in [0.4, 0.5) is 4.79 Å². The number of carbonyl (C=O) groups excluding carboxylic acids is 1. The van der Waals surface area contributed by atoms with Gasteiger partial charge < -0.3 is 5.32 Å². The number of urea groups is 1. The van der Waals surface area contributed by atoms with Crippen LogP contribution in [0.1, 0.15) is 12.8 Å². The second-order valence-corrected chi connectivity index (χ2v) is 7.31. The number of piperidine rings is 1. The maximum Gasteiger partial charge on any atom is 0.323 e. The van der Waals surface area contributed by atoms with Crippen molar-refractivity contribution in [3.63, 3.8) is 0 Å². The van der Waals surface area contributed by atoms with Crippen molar-refractivity contribution in [1.29, 1.82) is 0 Å². The molecule has 0 bridgehead atoms. The van der Waals surface area contributed by atoms with E-state index in [-0.39, 0.29) is 17.6 Å². The van der Waals surface area contributed by atoms with Gasteiger partial charge in [-0.2, -0.15) is 8.42 Å². The van der Waals surface area contributed by atoms with Gasteiger partial charge in [0.15, 0.2) is 0 Å². The van der Waals surface area contributed by atoms with E-state index in [4.69, 9.17) is 4.18 Å². The minimum atomic E-state index is -3.40. The topological polar surface area (TPSA) is 79.0 Å². The Morgan fingerprint density at radius 1 is 1.40 bits per heavy atom. The average molecular weight is 321 g/mol. The van der Waals surface area contributed by atoms with E-state index in [1.807, 2.05) is 5.41 Å². The van der Waals surface area contributed by atoms with Crippen LogP contribution in [0.25, 0.3) is 0 Å². The monoisotopic (exact) mass is 321 g/mol. The number of amides is 2. The van der Waals surface area contributed by atoms with Crippen LogP contribution in [0.2, 0.25) is 0 Å². The molecule has 7 nitrogen and oxygen atoms in total. The minimum absolute atomic E-state index is 0.0610. The maximum atomic E-state index is 11.7. The molecule has 1 unspecified atom stereocenters. The third kappa shape index (κ3) is 3.87. The Morgan fingerprint density at radius 2 is 2.05 bits per heavy atom. The lowest BCUT2D eigenvalue weighted by molar-refractivity contribution is 0.0737. The molecular formula is C11H19N3O4S2. The number of carbonyl (C=O) groups is 1. The largest absolute Gasteiger partial charge is 0.341 e. The number of likely N-dealkylation sites (tertiary alicyclic amines) is 1. The van der Waals surface area contributed by atoms with Crippen molar-refractivity contribution in [2.75, 3.05) is 26.4 Å². The van der Waals surface area contributed by atoms with E-state index < -0.39 is 10.1 Å². The van der Waals surface area contributed by atoms with Gasteiger partial charge in [-0.25, -0.2) is 4.79 Å². The average Bonchev–Trinajstić information content (AvgIpc) is 2.86. The third-order valence-corrected chi connectivity index (χ3v) is 4.88. The minimum Gasteiger partial charge on any atom is -0.341 e. The van der Waals surface area contributed by atoms with Crippen LogP contribution in [-0.2, 0) is 14.3 Å². The molecule has 2 rings (SSSR count). The van der Waals surface area contributed by atoms with Gasteiger partial charge in [0, 0.05) is 26.3 Å². The molecule has 2 aliphatic rings. The highest BCUT2D eigenvalue weighted by atomic mass is 32.2. The molecule has 1 fully saturated rings. The molecule has 2 heterocycles. The van der Waals surface area contributed by atoms with E-state index in [0.29, 0.717) is 25.9 Å². The zero-order valence-electron chi connectivity index (χ0n) is 11.5. The highest BCUT2D eigenvalue weighted by Crippen LogP contribution is 2.30. The quantitative estimate of drug-likeness (QED) is 0.766. The third-order valence-electron chi connectivity index (χ3n) is 3.21. The smallest absolute Gasteiger partial charge is 0.323 e. The van der Waals surface area contributed by atoms with Crippen LogP contribution in [0.15, 0.2) is 11.6 Å². The van der Waals surface area contributed by atoms with E-state index in [2.05, 4.69) is 10.2 Å². The Morgan fingerprint density at radius 3 is 2.60 bits per heavy atom. The molecule has 1 N–H and O–H groups in total. The number of hydrogen-bond donors (Lipinski definition) is 1. The van der Waals surface area contributed by atoms with Gasteiger partial charge in [0.1, 0.15) is 5.50 Å². The van der Waals surface area contributed by atoms with Gasteiger partial charge in [0.25, 0.3) is 10.1 Å². The van der Waals surface area contributed by atoms with Crippen LogP contribution in [0.3, 0.4) is 0 Å². The lowest BCUT2D eigenvalue weighted by Gasteiger charge is -2.38. The van der Waals surface area contributed by atoms with Crippen LogP contribution in [0, 0.1) is 0 Å². The molecule has 0 aliphatic carbocycles. The van der Waals surface area contributed by atoms with Crippen molar-refractivity contribution < 1.29 is 17.4 Å². The van der Waals surface area contributed by atoms with Crippen molar-refractivity contribution >= 4 is 27.9 Å². The van der Waals surface area contributed by atoms with Crippen LogP contribution in [-0.4, -0.2) is 62.2 Å². The molecule has 114 valence electrons. The predicted octanol–water partition coefficient (Wildman–Crippen LogP) is 0.570. The molecule has 20 heavy (non-hydrogen) atoms. The molecule has 0 aromatic rings. The Kier molecular flexibility index (Phi) is 4.95. The molecule has 2 amide bonds. The molecule has 0 aromatic carbocycles. The summed E-state index contributed by atoms with van der Waals surface area (Å²) < 4.78 is 27.2. The van der Waals surface area contributed by atoms with E-state index in [1.165, 1.54) is 0 Å². The second-order valence-electron chi connectivity index (χ2n) is 4.75. The summed E-state index contributed by atoms with van der Waals surface area (Å²) in [5.74, 6) is 0. The fourth-order valence-electron chi connectivity index (χ4n) is 2.31. The van der Waals surface area contributed by atoms with E-state index in [9.17, 15) is 13.2 Å². The van der Waals surface area contributed by atoms with Gasteiger partial charge in [-0.15, -0.1) is 0 Å². The summed E-state index contributed by atoms with van der Waals surface area (Å²) in [6.07, 6.45) is 3.86. The molecule has 9 heteroatoms. The summed E-state index contributed by atoms with van der Waals surface area (Å²) in [6, 6.07) is -0.147. The zero-order valence-corrected chi connectivity index (χ0v) is 13.1. The van der Waals surface area contributed by atoms with Crippen molar-refractivity contribution in [3.05, 3.63) is 11.6 Å². The van der Waals surface area contributed by atoms with Gasteiger partial charge in [-0.3, -0.25) is 14.0 Å². The fraction of sp³-hybridized carbons (Fsp3) is 0.727. The summed E-state index contributed by atoms with van der Waals surface area (Å²) in [6.45, 7) is 1.40. The standard InChI is InChI=1S/C11H19N3O4S2/c1-12-10(15)14-7-8-19-11(14)13-5-3-9(4-6-13)18-20(2,16)17/h7-9,11H,3-6H2,1-2H3,(H,12,15). The highest BCUT2D eigenvalue weighted by Gasteiger charge is 2.33. The molecule has 0 saturated carbocycles. The summed E-state index contributed by atoms with van der Waals surface area (Å²) >= 11 is 1.57. The fourth-order valence-corrected chi connectivity index (χ4v) is 4.02. The van der Waals surface area contributed by atoms with Gasteiger partial charge in [-0.05, 0) is 18.2 Å². The second kappa shape index (κ2) is 6.33. The first kappa shape index (κ1) is 15.6. The molecule has 0 aromatic heterocycles. The van der Waals surface area contributed by atoms with E-state index in [0.717, 1.165) is 6.26 Å². The van der Waals surface area contributed by atoms with Crippen molar-refractivity contribution in [2.24, 2.45) is 0 Å². The lowest BCUT2D eigenvalue weighted by atomic mass is 10.1. The maximum absolute atomic E-state index is 11.7. The predicted molar refractivity (Wildman–Crippen MR) is 77.3 cm³/mol. The first-order valence-electron chi connectivity index (χ1n) is 6.35. The van der Waals surface area contributed by atoms with Crippen molar-refractivity contribution in [1.82, 2.24) is 15.1 Å². The normalized spacial score (nSPS) is 25.1. The van der Waals surface area contributed by atoms with Crippen molar-refractivity contribution in [3.8, 4) is 0 Å². The SMILES string of the molecule is CNC(=O)N1C=CSC1N1CCC(OS(C)(=O)=O)CC1. The molecule has 1 atom stereocenters. The first-order valence-corrected chi connectivity index (χ1v) is 9.11. The summed E-state index contributed by atoms with van der Waals surface area (Å²) in [5.41, 5.74) is -0.0610. The number of nitrogens with one attached hydrogen (secondary N) is 1. The molecule has 2 aliphatic heterocycles.